The normalized spacial score (nSPS) is 11.2. The molecule has 0 spiro atoms. The molecule has 4 heterocycles. The Morgan fingerprint density at radius 2 is 0.425 bits per heavy atom. The average Bonchev–Trinajstić information content (AvgIpc) is 0.740. The molecule has 0 unspecified atom stereocenters. The second-order valence-electron chi connectivity index (χ2n) is 30.7. The molecule has 0 amide bonds. The SMILES string of the molecule is COc1cc(O)c(-c2nc(OC)nc(-c3c4ccccc4cc4ccccc34)n2)c(O)c1.COc1cc(O)c(-c2nc(OC)nc(-c3cc4c5ccccc5ccc4c4ccccc34)n2)c(O)c1.COc1cc(O)c(-c2nc(OC)nc(-c3cc4ccccc4c4ccccc34)n2)c(O)c1.COc1cc(O)c(-c2nc(OC)nc(-c3ccc4ccc5cccc6ccc3c4c56)n2)c(O)c1. The van der Waals surface area contributed by atoms with Crippen LogP contribution in [-0.2, 0) is 0 Å². The van der Waals surface area contributed by atoms with E-state index < -0.39 is 0 Å². The Labute approximate surface area is 762 Å². The van der Waals surface area contributed by atoms with E-state index in [1.165, 1.54) is 111 Å². The monoisotopic (exact) mass is 1770 g/mol. The Kier molecular flexibility index (Phi) is 22.7. The van der Waals surface area contributed by atoms with E-state index in [1.54, 1.807) is 0 Å². The minimum absolute atomic E-state index is 0.0618. The van der Waals surface area contributed by atoms with Crippen LogP contribution in [0.25, 0.3) is 199 Å². The number of fused-ring (bicyclic) bond motifs is 10. The molecule has 8 N–H and O–H groups in total. The first-order valence-electron chi connectivity index (χ1n) is 41.8. The predicted molar refractivity (Wildman–Crippen MR) is 515 cm³/mol. The van der Waals surface area contributed by atoms with E-state index in [4.69, 9.17) is 37.9 Å². The summed E-state index contributed by atoms with van der Waals surface area (Å²) in [6, 6.07) is 88.9. The van der Waals surface area contributed by atoms with Gasteiger partial charge in [0, 0.05) is 70.8 Å². The summed E-state index contributed by atoms with van der Waals surface area (Å²) in [5.41, 5.74) is 3.44. The number of phenolic OH excluding ortho intramolecular Hbond substituents is 8. The third-order valence-electron chi connectivity index (χ3n) is 23.1. The summed E-state index contributed by atoms with van der Waals surface area (Å²) in [4.78, 5) is 53.7. The lowest BCUT2D eigenvalue weighted by Crippen LogP contribution is -2.02. The van der Waals surface area contributed by atoms with Crippen molar-refractivity contribution in [3.63, 3.8) is 0 Å². The fourth-order valence-corrected chi connectivity index (χ4v) is 16.9. The number of hydrogen-bond acceptors (Lipinski definition) is 28. The molecule has 28 heteroatoms. The molecular weight excluding hydrogens is 1700 g/mol. The first-order valence-corrected chi connectivity index (χ1v) is 41.8. The molecule has 28 nitrogen and oxygen atoms in total. The zero-order valence-corrected chi connectivity index (χ0v) is 72.8. The van der Waals surface area contributed by atoms with Gasteiger partial charge in [0.25, 0.3) is 0 Å². The van der Waals surface area contributed by atoms with Crippen LogP contribution in [0.2, 0.25) is 0 Å². The Balaban J connectivity index is 0.000000115. The number of nitrogens with zero attached hydrogens (tertiary/aromatic N) is 12. The van der Waals surface area contributed by atoms with E-state index >= 15 is 0 Å². The van der Waals surface area contributed by atoms with Crippen molar-refractivity contribution in [1.29, 1.82) is 0 Å². The lowest BCUT2D eigenvalue weighted by atomic mass is 9.92. The summed E-state index contributed by atoms with van der Waals surface area (Å²) in [5, 5.41) is 106. The van der Waals surface area contributed by atoms with Crippen LogP contribution in [0, 0.1) is 0 Å². The molecule has 0 atom stereocenters. The van der Waals surface area contributed by atoms with Crippen molar-refractivity contribution in [3.8, 4) is 184 Å². The van der Waals surface area contributed by atoms with E-state index in [9.17, 15) is 40.9 Å². The molecule has 0 aliphatic rings. The Bertz CT molecular complexity index is 8250. The van der Waals surface area contributed by atoms with E-state index in [0.29, 0.717) is 46.3 Å². The summed E-state index contributed by atoms with van der Waals surface area (Å²) >= 11 is 0. The minimum atomic E-state index is -0.222. The molecule has 4 aromatic heterocycles. The van der Waals surface area contributed by atoms with E-state index in [0.717, 1.165) is 125 Å². The number of hydrogen-bond donors (Lipinski definition) is 8. The molecule has 134 heavy (non-hydrogen) atoms. The molecule has 0 aliphatic heterocycles. The summed E-state index contributed by atoms with van der Waals surface area (Å²) in [6.07, 6.45) is 0. The van der Waals surface area contributed by atoms with Crippen LogP contribution in [0.4, 0.5) is 0 Å². The maximum absolute atomic E-state index is 10.6. The average molecular weight is 1780 g/mol. The number of benzene rings is 18. The van der Waals surface area contributed by atoms with Crippen LogP contribution < -0.4 is 37.9 Å². The molecule has 22 aromatic rings. The second kappa shape index (κ2) is 35.7. The van der Waals surface area contributed by atoms with Crippen molar-refractivity contribution in [1.82, 2.24) is 59.8 Å². The van der Waals surface area contributed by atoms with E-state index in [-0.39, 0.29) is 116 Å². The molecule has 658 valence electrons. The van der Waals surface area contributed by atoms with Gasteiger partial charge in [0.05, 0.1) is 56.9 Å². The van der Waals surface area contributed by atoms with Crippen molar-refractivity contribution >= 4 is 108 Å². The van der Waals surface area contributed by atoms with Crippen molar-refractivity contribution in [2.45, 2.75) is 0 Å². The van der Waals surface area contributed by atoms with Gasteiger partial charge < -0.3 is 78.7 Å². The summed E-state index contributed by atoms with van der Waals surface area (Å²) in [7, 11) is 11.6. The van der Waals surface area contributed by atoms with Gasteiger partial charge in [0.1, 0.15) is 91.2 Å². The van der Waals surface area contributed by atoms with Gasteiger partial charge in [-0.3, -0.25) is 0 Å². The lowest BCUT2D eigenvalue weighted by Gasteiger charge is -2.14. The van der Waals surface area contributed by atoms with Gasteiger partial charge in [-0.25, -0.2) is 19.9 Å². The van der Waals surface area contributed by atoms with Gasteiger partial charge in [-0.2, -0.15) is 39.9 Å². The highest BCUT2D eigenvalue weighted by molar-refractivity contribution is 6.26. The maximum atomic E-state index is 10.6. The van der Waals surface area contributed by atoms with Gasteiger partial charge in [-0.1, -0.05) is 206 Å². The van der Waals surface area contributed by atoms with Crippen molar-refractivity contribution < 1.29 is 78.7 Å². The Hall–Kier alpha value is -18.3. The number of aromatic nitrogens is 12. The predicted octanol–water partition coefficient (Wildman–Crippen LogP) is 21.5. The van der Waals surface area contributed by atoms with Gasteiger partial charge in [0.2, 0.25) is 0 Å². The fraction of sp³-hybridized carbons (Fsp3) is 0.0755. The number of methoxy groups -OCH3 is 8. The van der Waals surface area contributed by atoms with Crippen molar-refractivity contribution in [2.24, 2.45) is 0 Å². The lowest BCUT2D eigenvalue weighted by molar-refractivity contribution is 0.378. The molecular formula is C106H78N12O16. The van der Waals surface area contributed by atoms with Crippen LogP contribution in [0.3, 0.4) is 0 Å². The highest BCUT2D eigenvalue weighted by Gasteiger charge is 2.28. The highest BCUT2D eigenvalue weighted by Crippen LogP contribution is 2.49. The van der Waals surface area contributed by atoms with Crippen LogP contribution in [0.15, 0.2) is 279 Å². The van der Waals surface area contributed by atoms with E-state index in [2.05, 4.69) is 157 Å². The third-order valence-corrected chi connectivity index (χ3v) is 23.1. The van der Waals surface area contributed by atoms with Crippen LogP contribution in [0.5, 0.6) is 93.0 Å². The highest BCUT2D eigenvalue weighted by atomic mass is 16.5. The summed E-state index contributed by atoms with van der Waals surface area (Å²) < 4.78 is 41.8. The van der Waals surface area contributed by atoms with Crippen LogP contribution in [-0.4, -0.2) is 158 Å². The Morgan fingerprint density at radius 3 is 0.821 bits per heavy atom. The molecule has 0 saturated carbocycles. The zero-order chi connectivity index (χ0) is 92.7. The number of ether oxygens (including phenoxy) is 8. The Morgan fingerprint density at radius 1 is 0.164 bits per heavy atom. The largest absolute Gasteiger partial charge is 0.507 e. The quantitative estimate of drug-likeness (QED) is 0.0329. The number of aromatic hydroxyl groups is 8. The first kappa shape index (κ1) is 85.1. The standard InChI is InChI=1S/C29H21N3O4.C27H19N3O4.2C25H19N3O4/c1-35-17-13-24(33)26(25(34)14-17)28-30-27(31-29(32-28)36-2)23-15-22-18-8-4-3-7-16(18)11-12-21(22)19-9-5-6-10-20(19)23;1-33-17-12-20(31)24(21(32)13-17)26-28-25(29-27(30-26)34-2)19-11-9-16-7-6-14-4-3-5-15-8-10-18(19)23(16)22(14)15;1-31-16-12-19(29)22(20(30)13-16)24-26-23(27-25(28-24)32-2)21-17-9-5-3-7-14(17)11-15-8-4-6-10-18(15)21;1-31-15-12-20(29)22(21(30)13-15)24-26-23(27-25(28-24)32-2)19-11-14-7-3-4-8-16(14)17-9-5-6-10-18(17)19/h3-15,33-34H,1-2H3;3-13,31-32H,1-2H3;2*3-13,29-30H,1-2H3. The molecule has 0 fully saturated rings. The maximum Gasteiger partial charge on any atom is 0.320 e. The second-order valence-corrected chi connectivity index (χ2v) is 30.7. The van der Waals surface area contributed by atoms with Crippen molar-refractivity contribution in [2.75, 3.05) is 56.9 Å². The van der Waals surface area contributed by atoms with Crippen LogP contribution in [0.1, 0.15) is 0 Å². The van der Waals surface area contributed by atoms with E-state index in [1.807, 2.05) is 133 Å². The molecule has 0 radical (unpaired) electrons. The van der Waals surface area contributed by atoms with Gasteiger partial charge >= 0.3 is 24.0 Å². The summed E-state index contributed by atoms with van der Waals surface area (Å²) in [5.74, 6) is 1.29. The minimum Gasteiger partial charge on any atom is -0.507 e. The van der Waals surface area contributed by atoms with Crippen molar-refractivity contribution in [3.05, 3.63) is 279 Å². The van der Waals surface area contributed by atoms with Gasteiger partial charge in [0.15, 0.2) is 46.6 Å². The fourth-order valence-electron chi connectivity index (χ4n) is 16.9. The van der Waals surface area contributed by atoms with Gasteiger partial charge in [-0.05, 0) is 132 Å². The number of rotatable bonds is 16. The number of phenols is 8. The summed E-state index contributed by atoms with van der Waals surface area (Å²) in [6.45, 7) is 0. The third kappa shape index (κ3) is 15.9. The molecule has 18 aromatic carbocycles. The molecule has 0 bridgehead atoms. The zero-order valence-electron chi connectivity index (χ0n) is 72.8. The topological polar surface area (TPSA) is 390 Å². The first-order chi connectivity index (χ1) is 65.3. The molecule has 0 saturated heterocycles. The van der Waals surface area contributed by atoms with Gasteiger partial charge in [-0.15, -0.1) is 0 Å². The van der Waals surface area contributed by atoms with Crippen LogP contribution >= 0.6 is 0 Å². The molecule has 0 aliphatic carbocycles. The smallest absolute Gasteiger partial charge is 0.320 e. The molecule has 22 rings (SSSR count).